The van der Waals surface area contributed by atoms with Gasteiger partial charge in [-0.25, -0.2) is 9.69 Å². The summed E-state index contributed by atoms with van der Waals surface area (Å²) in [6, 6.07) is 18.6. The van der Waals surface area contributed by atoms with Crippen molar-refractivity contribution in [1.82, 2.24) is 4.90 Å². The maximum absolute atomic E-state index is 13.1. The summed E-state index contributed by atoms with van der Waals surface area (Å²) in [6.45, 7) is 0.686. The van der Waals surface area contributed by atoms with Crippen LogP contribution >= 0.6 is 0 Å². The Morgan fingerprint density at radius 2 is 1.70 bits per heavy atom. The van der Waals surface area contributed by atoms with E-state index in [4.69, 9.17) is 9.47 Å². The highest BCUT2D eigenvalue weighted by Crippen LogP contribution is 2.23. The molecule has 7 heteroatoms. The number of carbonyl (C=O) groups excluding carboxylic acids is 2. The molecule has 2 atom stereocenters. The Hall–Kier alpha value is -3.19. The highest BCUT2D eigenvalue weighted by molar-refractivity contribution is 5.96. The number of amides is 2. The van der Waals surface area contributed by atoms with Crippen molar-refractivity contribution in [3.05, 3.63) is 71.8 Å². The number of carboxylic acids is 1. The van der Waals surface area contributed by atoms with E-state index in [2.05, 4.69) is 0 Å². The average Bonchev–Trinajstić information content (AvgIpc) is 3.11. The normalized spacial score (nSPS) is 16.9. The van der Waals surface area contributed by atoms with Gasteiger partial charge in [0.1, 0.15) is 6.61 Å². The second-order valence-corrected chi connectivity index (χ2v) is 7.25. The summed E-state index contributed by atoms with van der Waals surface area (Å²) in [5, 5.41) is 9.25. The summed E-state index contributed by atoms with van der Waals surface area (Å²) in [7, 11) is 0. The van der Waals surface area contributed by atoms with E-state index in [0.717, 1.165) is 16.0 Å². The number of cyclic esters (lactones) is 1. The summed E-state index contributed by atoms with van der Waals surface area (Å²) < 4.78 is 10.7. The van der Waals surface area contributed by atoms with E-state index in [1.165, 1.54) is 0 Å². The van der Waals surface area contributed by atoms with Crippen LogP contribution in [-0.2, 0) is 32.1 Å². The molecule has 1 saturated heterocycles. The number of carboxylic acid groups (broad SMARTS) is 1. The second-order valence-electron chi connectivity index (χ2n) is 7.25. The monoisotopic (exact) mass is 411 g/mol. The smallest absolute Gasteiger partial charge is 0.416 e. The number of rotatable bonds is 10. The molecule has 0 spiro atoms. The predicted molar refractivity (Wildman–Crippen MR) is 109 cm³/mol. The van der Waals surface area contributed by atoms with Crippen LogP contribution in [0.15, 0.2) is 60.7 Å². The molecule has 1 heterocycles. The molecule has 158 valence electrons. The van der Waals surface area contributed by atoms with Crippen LogP contribution < -0.4 is 0 Å². The van der Waals surface area contributed by atoms with Crippen LogP contribution in [0.1, 0.15) is 24.0 Å². The Morgan fingerprint density at radius 1 is 1.07 bits per heavy atom. The van der Waals surface area contributed by atoms with Gasteiger partial charge in [-0.15, -0.1) is 0 Å². The Morgan fingerprint density at radius 3 is 2.33 bits per heavy atom. The van der Waals surface area contributed by atoms with Crippen LogP contribution in [0.25, 0.3) is 0 Å². The molecular weight excluding hydrogens is 386 g/mol. The third-order valence-electron chi connectivity index (χ3n) is 5.01. The first-order valence-electron chi connectivity index (χ1n) is 9.92. The molecule has 3 rings (SSSR count). The van der Waals surface area contributed by atoms with Crippen LogP contribution in [0.4, 0.5) is 4.79 Å². The van der Waals surface area contributed by atoms with E-state index in [1.807, 2.05) is 60.7 Å². The van der Waals surface area contributed by atoms with E-state index in [1.54, 1.807) is 0 Å². The lowest BCUT2D eigenvalue weighted by Crippen LogP contribution is -2.44. The van der Waals surface area contributed by atoms with Gasteiger partial charge in [0.2, 0.25) is 5.91 Å². The van der Waals surface area contributed by atoms with Crippen molar-refractivity contribution in [3.63, 3.8) is 0 Å². The van der Waals surface area contributed by atoms with Gasteiger partial charge in [-0.2, -0.15) is 0 Å². The van der Waals surface area contributed by atoms with Crippen molar-refractivity contribution in [3.8, 4) is 0 Å². The van der Waals surface area contributed by atoms with Gasteiger partial charge < -0.3 is 14.6 Å². The van der Waals surface area contributed by atoms with Crippen LogP contribution in [0, 0.1) is 5.92 Å². The van der Waals surface area contributed by atoms with Gasteiger partial charge >= 0.3 is 12.1 Å². The fourth-order valence-corrected chi connectivity index (χ4v) is 3.48. The van der Waals surface area contributed by atoms with E-state index < -0.39 is 29.9 Å². The molecule has 0 radical (unpaired) electrons. The average molecular weight is 411 g/mol. The molecule has 1 aliphatic rings. The van der Waals surface area contributed by atoms with Crippen molar-refractivity contribution < 1.29 is 29.0 Å². The van der Waals surface area contributed by atoms with Crippen molar-refractivity contribution in [2.45, 2.75) is 31.9 Å². The minimum absolute atomic E-state index is 0.101. The Labute approximate surface area is 175 Å². The number of carbonyl (C=O) groups is 3. The van der Waals surface area contributed by atoms with E-state index in [0.29, 0.717) is 13.0 Å². The minimum Gasteiger partial charge on any atom is -0.481 e. The van der Waals surface area contributed by atoms with Crippen LogP contribution in [-0.4, -0.2) is 47.2 Å². The largest absolute Gasteiger partial charge is 0.481 e. The third kappa shape index (κ3) is 5.90. The highest BCUT2D eigenvalue weighted by Gasteiger charge is 2.41. The van der Waals surface area contributed by atoms with E-state index in [-0.39, 0.29) is 26.1 Å². The molecule has 1 fully saturated rings. The van der Waals surface area contributed by atoms with Gasteiger partial charge in [0.05, 0.1) is 25.0 Å². The summed E-state index contributed by atoms with van der Waals surface area (Å²) in [5.41, 5.74) is 1.96. The van der Waals surface area contributed by atoms with Crippen LogP contribution in [0.5, 0.6) is 0 Å². The van der Waals surface area contributed by atoms with Crippen molar-refractivity contribution in [2.24, 2.45) is 5.92 Å². The summed E-state index contributed by atoms with van der Waals surface area (Å²) >= 11 is 0. The molecule has 7 nitrogen and oxygen atoms in total. The predicted octanol–water partition coefficient (Wildman–Crippen LogP) is 3.27. The molecule has 1 aliphatic heterocycles. The lowest BCUT2D eigenvalue weighted by Gasteiger charge is -2.24. The number of hydrogen-bond acceptors (Lipinski definition) is 5. The third-order valence-corrected chi connectivity index (χ3v) is 5.01. The quantitative estimate of drug-likeness (QED) is 0.603. The first-order valence-corrected chi connectivity index (χ1v) is 9.92. The topological polar surface area (TPSA) is 93.1 Å². The fourth-order valence-electron chi connectivity index (χ4n) is 3.48. The molecule has 2 amide bonds. The van der Waals surface area contributed by atoms with Gasteiger partial charge in [0.15, 0.2) is 0 Å². The zero-order valence-electron chi connectivity index (χ0n) is 16.6. The van der Waals surface area contributed by atoms with Gasteiger partial charge in [0.25, 0.3) is 0 Å². The Kier molecular flexibility index (Phi) is 7.57. The van der Waals surface area contributed by atoms with Crippen molar-refractivity contribution in [2.75, 3.05) is 13.2 Å². The lowest BCUT2D eigenvalue weighted by molar-refractivity contribution is -0.144. The molecule has 0 aliphatic carbocycles. The molecule has 0 saturated carbocycles. The van der Waals surface area contributed by atoms with Gasteiger partial charge in [-0.1, -0.05) is 60.7 Å². The molecule has 1 N–H and O–H groups in total. The SMILES string of the molecule is O=C(O)C[C@@H](CCOCc1ccccc1)C(=O)N1C(=O)OC[C@@H]1Cc1ccccc1. The zero-order chi connectivity index (χ0) is 21.3. The maximum atomic E-state index is 13.1. The number of benzene rings is 2. The molecular formula is C23H25NO6. The molecule has 30 heavy (non-hydrogen) atoms. The molecule has 2 aromatic rings. The molecule has 0 aromatic heterocycles. The molecule has 0 unspecified atom stereocenters. The van der Waals surface area contributed by atoms with E-state index in [9.17, 15) is 19.5 Å². The van der Waals surface area contributed by atoms with Gasteiger partial charge in [0, 0.05) is 6.61 Å². The van der Waals surface area contributed by atoms with Gasteiger partial charge in [-0.05, 0) is 24.0 Å². The zero-order valence-corrected chi connectivity index (χ0v) is 16.6. The Bertz CT molecular complexity index is 855. The van der Waals surface area contributed by atoms with Gasteiger partial charge in [-0.3, -0.25) is 9.59 Å². The number of ether oxygens (including phenoxy) is 2. The minimum atomic E-state index is -1.09. The maximum Gasteiger partial charge on any atom is 0.416 e. The number of aliphatic carboxylic acids is 1. The van der Waals surface area contributed by atoms with Crippen molar-refractivity contribution in [1.29, 1.82) is 0 Å². The first-order chi connectivity index (χ1) is 14.5. The summed E-state index contributed by atoms with van der Waals surface area (Å²) in [5.74, 6) is -2.48. The number of imide groups is 1. The first kappa shape index (κ1) is 21.5. The van der Waals surface area contributed by atoms with Crippen molar-refractivity contribution >= 4 is 18.0 Å². The number of hydrogen-bond donors (Lipinski definition) is 1. The lowest BCUT2D eigenvalue weighted by atomic mass is 9.98. The summed E-state index contributed by atoms with van der Waals surface area (Å²) in [6.07, 6.45) is -0.417. The fraction of sp³-hybridized carbons (Fsp3) is 0.348. The summed E-state index contributed by atoms with van der Waals surface area (Å²) in [4.78, 5) is 37.7. The highest BCUT2D eigenvalue weighted by atomic mass is 16.6. The van der Waals surface area contributed by atoms with Crippen LogP contribution in [0.3, 0.4) is 0 Å². The second kappa shape index (κ2) is 10.5. The van der Waals surface area contributed by atoms with E-state index >= 15 is 0 Å². The molecule has 0 bridgehead atoms. The standard InChI is InChI=1S/C23H25NO6/c25-21(26)14-19(11-12-29-15-18-9-5-2-6-10-18)22(27)24-20(16-30-23(24)28)13-17-7-3-1-4-8-17/h1-10,19-20H,11-16H2,(H,25,26)/t19-,20+/m1/s1. The van der Waals surface area contributed by atoms with Crippen LogP contribution in [0.2, 0.25) is 0 Å². The number of nitrogens with zero attached hydrogens (tertiary/aromatic N) is 1. The Balaban J connectivity index is 1.62. The molecule has 2 aromatic carbocycles.